The first kappa shape index (κ1) is 12.0. The first-order valence-electron chi connectivity index (χ1n) is 5.96. The number of Topliss-reactive ketones (excluding diaryl/α,β-unsaturated/α-hetero) is 1. The second-order valence-corrected chi connectivity index (χ2v) is 4.55. The minimum absolute atomic E-state index is 0.0148. The van der Waals surface area contributed by atoms with Gasteiger partial charge < -0.3 is 9.64 Å². The Morgan fingerprint density at radius 2 is 2.41 bits per heavy atom. The summed E-state index contributed by atoms with van der Waals surface area (Å²) in [4.78, 5) is 17.5. The first-order chi connectivity index (χ1) is 8.16. The molecule has 1 aromatic rings. The molecule has 4 heteroatoms. The minimum Gasteiger partial charge on any atom is -0.490 e. The second-order valence-electron chi connectivity index (χ2n) is 4.55. The summed E-state index contributed by atoms with van der Waals surface area (Å²) in [7, 11) is 2.12. The molecule has 1 atom stereocenters. The van der Waals surface area contributed by atoms with E-state index in [4.69, 9.17) is 4.74 Å². The van der Waals surface area contributed by atoms with Crippen molar-refractivity contribution in [1.82, 2.24) is 9.88 Å². The fourth-order valence-corrected chi connectivity index (χ4v) is 2.07. The molecule has 0 bridgehead atoms. The number of rotatable bonds is 4. The molecule has 0 aliphatic carbocycles. The molecule has 0 saturated carbocycles. The van der Waals surface area contributed by atoms with E-state index < -0.39 is 0 Å². The summed E-state index contributed by atoms with van der Waals surface area (Å²) in [6.45, 7) is 3.34. The van der Waals surface area contributed by atoms with Gasteiger partial charge >= 0.3 is 0 Å². The number of ether oxygens (including phenoxy) is 1. The summed E-state index contributed by atoms with van der Waals surface area (Å²) in [5.74, 6) is 0.693. The van der Waals surface area contributed by atoms with E-state index in [0.717, 1.165) is 6.54 Å². The average molecular weight is 234 g/mol. The lowest BCUT2D eigenvalue weighted by molar-refractivity contribution is 0.101. The summed E-state index contributed by atoms with van der Waals surface area (Å²) in [6, 6.07) is 2.24. The van der Waals surface area contributed by atoms with Crippen molar-refractivity contribution in [2.24, 2.45) is 0 Å². The van der Waals surface area contributed by atoms with Crippen LogP contribution in [0.25, 0.3) is 0 Å². The van der Waals surface area contributed by atoms with Gasteiger partial charge in [-0.15, -0.1) is 0 Å². The van der Waals surface area contributed by atoms with Gasteiger partial charge in [-0.25, -0.2) is 0 Å². The molecule has 17 heavy (non-hydrogen) atoms. The molecule has 0 amide bonds. The van der Waals surface area contributed by atoms with E-state index >= 15 is 0 Å². The van der Waals surface area contributed by atoms with Crippen LogP contribution >= 0.6 is 0 Å². The molecule has 0 N–H and O–H groups in total. The highest BCUT2D eigenvalue weighted by atomic mass is 16.5. The summed E-state index contributed by atoms with van der Waals surface area (Å²) in [5.41, 5.74) is 0.599. The van der Waals surface area contributed by atoms with Crippen LogP contribution in [-0.4, -0.2) is 41.9 Å². The number of carbonyl (C=O) groups is 1. The fraction of sp³-hybridized carbons (Fsp3) is 0.538. The predicted octanol–water partition coefficient (Wildman–Crippen LogP) is 1.76. The van der Waals surface area contributed by atoms with Crippen molar-refractivity contribution in [3.63, 3.8) is 0 Å². The van der Waals surface area contributed by atoms with Crippen LogP contribution < -0.4 is 4.74 Å². The standard InChI is InChI=1S/C13H18N2O2/c1-10(16)11-6-13(8-14-7-11)17-9-12-4-3-5-15(12)2/h6-8,12H,3-5,9H2,1-2H3/t12-/m0/s1. The molecule has 1 aliphatic heterocycles. The molecular formula is C13H18N2O2. The molecule has 2 heterocycles. The van der Waals surface area contributed by atoms with Crippen molar-refractivity contribution < 1.29 is 9.53 Å². The number of hydrogen-bond donors (Lipinski definition) is 0. The molecule has 1 aromatic heterocycles. The van der Waals surface area contributed by atoms with Crippen LogP contribution in [-0.2, 0) is 0 Å². The Balaban J connectivity index is 1.94. The average Bonchev–Trinajstić information content (AvgIpc) is 2.72. The van der Waals surface area contributed by atoms with Crippen molar-refractivity contribution in [3.05, 3.63) is 24.0 Å². The van der Waals surface area contributed by atoms with E-state index in [9.17, 15) is 4.79 Å². The minimum atomic E-state index is 0.0148. The summed E-state index contributed by atoms with van der Waals surface area (Å²) < 4.78 is 5.69. The van der Waals surface area contributed by atoms with E-state index in [2.05, 4.69) is 16.9 Å². The number of carbonyl (C=O) groups excluding carboxylic acids is 1. The van der Waals surface area contributed by atoms with Crippen LogP contribution in [0.15, 0.2) is 18.5 Å². The fourth-order valence-electron chi connectivity index (χ4n) is 2.07. The largest absolute Gasteiger partial charge is 0.490 e. The highest BCUT2D eigenvalue weighted by molar-refractivity contribution is 5.94. The highest BCUT2D eigenvalue weighted by Crippen LogP contribution is 2.17. The predicted molar refractivity (Wildman–Crippen MR) is 65.4 cm³/mol. The van der Waals surface area contributed by atoms with Gasteiger partial charge in [-0.1, -0.05) is 0 Å². The summed E-state index contributed by atoms with van der Waals surface area (Å²) >= 11 is 0. The lowest BCUT2D eigenvalue weighted by Crippen LogP contribution is -2.30. The molecule has 0 unspecified atom stereocenters. The van der Waals surface area contributed by atoms with Gasteiger partial charge in [-0.05, 0) is 39.4 Å². The van der Waals surface area contributed by atoms with E-state index in [1.165, 1.54) is 19.8 Å². The van der Waals surface area contributed by atoms with Gasteiger partial charge in [0.05, 0.1) is 6.20 Å². The maximum absolute atomic E-state index is 11.2. The van der Waals surface area contributed by atoms with E-state index in [1.807, 2.05) is 0 Å². The molecule has 0 aromatic carbocycles. The molecule has 4 nitrogen and oxygen atoms in total. The molecular weight excluding hydrogens is 216 g/mol. The Kier molecular flexibility index (Phi) is 3.74. The third kappa shape index (κ3) is 3.03. The maximum Gasteiger partial charge on any atom is 0.161 e. The maximum atomic E-state index is 11.2. The van der Waals surface area contributed by atoms with Crippen molar-refractivity contribution in [3.8, 4) is 5.75 Å². The van der Waals surface area contributed by atoms with Crippen LogP contribution in [0.3, 0.4) is 0 Å². The second kappa shape index (κ2) is 5.27. The van der Waals surface area contributed by atoms with Gasteiger partial charge in [-0.2, -0.15) is 0 Å². The van der Waals surface area contributed by atoms with Crippen LogP contribution in [0.4, 0.5) is 0 Å². The Morgan fingerprint density at radius 1 is 1.59 bits per heavy atom. The van der Waals surface area contributed by atoms with Crippen molar-refractivity contribution in [2.75, 3.05) is 20.2 Å². The smallest absolute Gasteiger partial charge is 0.161 e. The number of nitrogens with zero attached hydrogens (tertiary/aromatic N) is 2. The number of pyridine rings is 1. The zero-order valence-electron chi connectivity index (χ0n) is 10.3. The number of ketones is 1. The monoisotopic (exact) mass is 234 g/mol. The molecule has 2 rings (SSSR count). The normalized spacial score (nSPS) is 20.5. The molecule has 0 spiro atoms. The van der Waals surface area contributed by atoms with Crippen LogP contribution in [0.5, 0.6) is 5.75 Å². The zero-order valence-corrected chi connectivity index (χ0v) is 10.3. The lowest BCUT2D eigenvalue weighted by Gasteiger charge is -2.19. The van der Waals surface area contributed by atoms with Crippen molar-refractivity contribution in [2.45, 2.75) is 25.8 Å². The van der Waals surface area contributed by atoms with Gasteiger partial charge in [-0.3, -0.25) is 9.78 Å². The van der Waals surface area contributed by atoms with Gasteiger partial charge in [0.25, 0.3) is 0 Å². The number of aromatic nitrogens is 1. The molecule has 1 saturated heterocycles. The number of hydrogen-bond acceptors (Lipinski definition) is 4. The SMILES string of the molecule is CC(=O)c1cncc(OC[C@@H]2CCCN2C)c1. The van der Waals surface area contributed by atoms with E-state index in [1.54, 1.807) is 18.5 Å². The third-order valence-electron chi connectivity index (χ3n) is 3.23. The van der Waals surface area contributed by atoms with E-state index in [0.29, 0.717) is 24.0 Å². The molecule has 92 valence electrons. The Labute approximate surface area is 102 Å². The number of likely N-dealkylation sites (tertiary alicyclic amines) is 1. The highest BCUT2D eigenvalue weighted by Gasteiger charge is 2.21. The zero-order chi connectivity index (χ0) is 12.3. The first-order valence-corrected chi connectivity index (χ1v) is 5.96. The van der Waals surface area contributed by atoms with Crippen molar-refractivity contribution in [1.29, 1.82) is 0 Å². The Hall–Kier alpha value is -1.42. The van der Waals surface area contributed by atoms with Crippen molar-refractivity contribution >= 4 is 5.78 Å². The summed E-state index contributed by atoms with van der Waals surface area (Å²) in [5, 5.41) is 0. The number of likely N-dealkylation sites (N-methyl/N-ethyl adjacent to an activating group) is 1. The van der Waals surface area contributed by atoms with E-state index in [-0.39, 0.29) is 5.78 Å². The van der Waals surface area contributed by atoms with Gasteiger partial charge in [0, 0.05) is 17.8 Å². The third-order valence-corrected chi connectivity index (χ3v) is 3.23. The Bertz CT molecular complexity index is 406. The van der Waals surface area contributed by atoms with Crippen LogP contribution in [0, 0.1) is 0 Å². The quantitative estimate of drug-likeness (QED) is 0.744. The van der Waals surface area contributed by atoms with Crippen LogP contribution in [0.1, 0.15) is 30.1 Å². The van der Waals surface area contributed by atoms with Gasteiger partial charge in [0.1, 0.15) is 12.4 Å². The van der Waals surface area contributed by atoms with Crippen LogP contribution in [0.2, 0.25) is 0 Å². The molecule has 1 aliphatic rings. The van der Waals surface area contributed by atoms with Gasteiger partial charge in [0.15, 0.2) is 5.78 Å². The summed E-state index contributed by atoms with van der Waals surface area (Å²) in [6.07, 6.45) is 5.63. The molecule has 1 fully saturated rings. The Morgan fingerprint density at radius 3 is 3.06 bits per heavy atom. The topological polar surface area (TPSA) is 42.4 Å². The lowest BCUT2D eigenvalue weighted by atomic mass is 10.2. The molecule has 0 radical (unpaired) electrons. The van der Waals surface area contributed by atoms with Gasteiger partial charge in [0.2, 0.25) is 0 Å².